The van der Waals surface area contributed by atoms with Crippen molar-refractivity contribution in [3.63, 3.8) is 0 Å². The highest BCUT2D eigenvalue weighted by Crippen LogP contribution is 2.02. The van der Waals surface area contributed by atoms with Gasteiger partial charge in [-0.15, -0.1) is 0 Å². The molecule has 0 saturated carbocycles. The summed E-state index contributed by atoms with van der Waals surface area (Å²) in [6.45, 7) is 0.258. The summed E-state index contributed by atoms with van der Waals surface area (Å²) in [4.78, 5) is 7.92. The lowest BCUT2D eigenvalue weighted by Crippen LogP contribution is -1.95. The first-order chi connectivity index (χ1) is 5.93. The Bertz CT molecular complexity index is 205. The van der Waals surface area contributed by atoms with E-state index < -0.39 is 0 Å². The molecule has 1 aromatic rings. The zero-order valence-corrected chi connectivity index (χ0v) is 7.63. The Morgan fingerprint density at radius 2 is 2.33 bits per heavy atom. The van der Waals surface area contributed by atoms with Crippen molar-refractivity contribution in [1.82, 2.24) is 9.97 Å². The molecule has 1 rings (SSSR count). The molecular formula is C8H12N2OS. The van der Waals surface area contributed by atoms with Crippen LogP contribution in [0.4, 0.5) is 0 Å². The van der Waals surface area contributed by atoms with Crippen molar-refractivity contribution < 1.29 is 5.11 Å². The monoisotopic (exact) mass is 184 g/mol. The van der Waals surface area contributed by atoms with Gasteiger partial charge in [0, 0.05) is 17.6 Å². The molecule has 0 unspecified atom stereocenters. The third kappa shape index (κ3) is 3.69. The van der Waals surface area contributed by atoms with E-state index in [9.17, 15) is 0 Å². The second kappa shape index (κ2) is 5.97. The molecule has 0 aliphatic rings. The highest BCUT2D eigenvalue weighted by atomic mass is 32.2. The fourth-order valence-corrected chi connectivity index (χ4v) is 1.50. The zero-order valence-electron chi connectivity index (χ0n) is 6.81. The summed E-state index contributed by atoms with van der Waals surface area (Å²) in [5, 5.41) is 8.52. The van der Waals surface area contributed by atoms with Gasteiger partial charge in [-0.05, 0) is 18.2 Å². The molecule has 0 fully saturated rings. The van der Waals surface area contributed by atoms with Crippen LogP contribution in [0.15, 0.2) is 18.6 Å². The molecule has 1 heterocycles. The van der Waals surface area contributed by atoms with Crippen LogP contribution in [-0.4, -0.2) is 33.2 Å². The van der Waals surface area contributed by atoms with Crippen LogP contribution in [0.5, 0.6) is 0 Å². The molecular weight excluding hydrogens is 172 g/mol. The molecule has 0 aromatic carbocycles. The van der Waals surface area contributed by atoms with Crippen molar-refractivity contribution in [2.75, 3.05) is 18.1 Å². The smallest absolute Gasteiger partial charge is 0.115 e. The van der Waals surface area contributed by atoms with Crippen LogP contribution >= 0.6 is 11.8 Å². The molecule has 1 N–H and O–H groups in total. The maximum absolute atomic E-state index is 8.52. The SMILES string of the molecule is OCCSCCc1ccncn1. The summed E-state index contributed by atoms with van der Waals surface area (Å²) in [6.07, 6.45) is 4.26. The normalized spacial score (nSPS) is 10.1. The molecule has 0 spiro atoms. The predicted octanol–water partition coefficient (Wildman–Crippen LogP) is 0.745. The molecule has 66 valence electrons. The first kappa shape index (κ1) is 9.48. The Labute approximate surface area is 76.2 Å². The molecule has 0 atom stereocenters. The van der Waals surface area contributed by atoms with Gasteiger partial charge in [-0.1, -0.05) is 0 Å². The number of nitrogens with zero attached hydrogens (tertiary/aromatic N) is 2. The van der Waals surface area contributed by atoms with E-state index in [4.69, 9.17) is 5.11 Å². The van der Waals surface area contributed by atoms with E-state index in [-0.39, 0.29) is 6.61 Å². The Kier molecular flexibility index (Phi) is 4.71. The predicted molar refractivity (Wildman–Crippen MR) is 50.1 cm³/mol. The van der Waals surface area contributed by atoms with Crippen molar-refractivity contribution in [3.05, 3.63) is 24.3 Å². The van der Waals surface area contributed by atoms with Gasteiger partial charge in [-0.3, -0.25) is 0 Å². The van der Waals surface area contributed by atoms with Gasteiger partial charge < -0.3 is 5.11 Å². The van der Waals surface area contributed by atoms with Crippen LogP contribution in [-0.2, 0) is 6.42 Å². The summed E-state index contributed by atoms with van der Waals surface area (Å²) >= 11 is 1.74. The Morgan fingerprint density at radius 1 is 1.42 bits per heavy atom. The average molecular weight is 184 g/mol. The fourth-order valence-electron chi connectivity index (χ4n) is 0.809. The number of hydrogen-bond donors (Lipinski definition) is 1. The lowest BCUT2D eigenvalue weighted by molar-refractivity contribution is 0.322. The van der Waals surface area contributed by atoms with Gasteiger partial charge in [-0.2, -0.15) is 11.8 Å². The average Bonchev–Trinajstić information content (AvgIpc) is 2.14. The van der Waals surface area contributed by atoms with Crippen LogP contribution in [0, 0.1) is 0 Å². The van der Waals surface area contributed by atoms with Gasteiger partial charge in [0.25, 0.3) is 0 Å². The first-order valence-electron chi connectivity index (χ1n) is 3.87. The minimum Gasteiger partial charge on any atom is -0.396 e. The quantitative estimate of drug-likeness (QED) is 0.686. The number of hydrogen-bond acceptors (Lipinski definition) is 4. The molecule has 0 bridgehead atoms. The third-order valence-corrected chi connectivity index (χ3v) is 2.35. The van der Waals surface area contributed by atoms with E-state index in [0.717, 1.165) is 23.6 Å². The van der Waals surface area contributed by atoms with Gasteiger partial charge in [0.05, 0.1) is 6.61 Å². The van der Waals surface area contributed by atoms with Crippen LogP contribution in [0.1, 0.15) is 5.69 Å². The number of aromatic nitrogens is 2. The Balaban J connectivity index is 2.16. The molecule has 12 heavy (non-hydrogen) atoms. The zero-order chi connectivity index (χ0) is 8.65. The topological polar surface area (TPSA) is 46.0 Å². The number of aliphatic hydroxyl groups excluding tert-OH is 1. The lowest BCUT2D eigenvalue weighted by Gasteiger charge is -1.98. The number of thioether (sulfide) groups is 1. The van der Waals surface area contributed by atoms with E-state index in [1.54, 1.807) is 24.3 Å². The molecule has 0 aliphatic heterocycles. The van der Waals surface area contributed by atoms with Gasteiger partial charge in [0.15, 0.2) is 0 Å². The van der Waals surface area contributed by atoms with Crippen LogP contribution < -0.4 is 0 Å². The van der Waals surface area contributed by atoms with E-state index in [1.165, 1.54) is 0 Å². The summed E-state index contributed by atoms with van der Waals surface area (Å²) in [5.41, 5.74) is 1.07. The molecule has 0 aliphatic carbocycles. The number of aliphatic hydroxyl groups is 1. The lowest BCUT2D eigenvalue weighted by atomic mass is 10.3. The minimum atomic E-state index is 0.258. The molecule has 4 heteroatoms. The van der Waals surface area contributed by atoms with E-state index in [0.29, 0.717) is 0 Å². The van der Waals surface area contributed by atoms with E-state index >= 15 is 0 Å². The van der Waals surface area contributed by atoms with Crippen molar-refractivity contribution in [1.29, 1.82) is 0 Å². The highest BCUT2D eigenvalue weighted by Gasteiger charge is 1.92. The summed E-state index contributed by atoms with van der Waals surface area (Å²) < 4.78 is 0. The maximum atomic E-state index is 8.52. The van der Waals surface area contributed by atoms with Crippen LogP contribution in [0.25, 0.3) is 0 Å². The number of aryl methyl sites for hydroxylation is 1. The molecule has 3 nitrogen and oxygen atoms in total. The summed E-state index contributed by atoms with van der Waals surface area (Å²) in [5.74, 6) is 1.82. The van der Waals surface area contributed by atoms with Crippen LogP contribution in [0.2, 0.25) is 0 Å². The third-order valence-electron chi connectivity index (χ3n) is 1.38. The Morgan fingerprint density at radius 3 is 3.00 bits per heavy atom. The van der Waals surface area contributed by atoms with Gasteiger partial charge in [0.1, 0.15) is 6.33 Å². The van der Waals surface area contributed by atoms with E-state index in [1.807, 2.05) is 6.07 Å². The minimum absolute atomic E-state index is 0.258. The van der Waals surface area contributed by atoms with Crippen molar-refractivity contribution in [2.24, 2.45) is 0 Å². The summed E-state index contributed by atoms with van der Waals surface area (Å²) in [6, 6.07) is 1.92. The fraction of sp³-hybridized carbons (Fsp3) is 0.500. The molecule has 0 radical (unpaired) electrons. The Hall–Kier alpha value is -0.610. The highest BCUT2D eigenvalue weighted by molar-refractivity contribution is 7.99. The van der Waals surface area contributed by atoms with Crippen molar-refractivity contribution in [3.8, 4) is 0 Å². The first-order valence-corrected chi connectivity index (χ1v) is 5.02. The van der Waals surface area contributed by atoms with Gasteiger partial charge in [0.2, 0.25) is 0 Å². The largest absolute Gasteiger partial charge is 0.396 e. The standard InChI is InChI=1S/C8H12N2OS/c11-4-6-12-5-2-8-1-3-9-7-10-8/h1,3,7,11H,2,4-6H2. The van der Waals surface area contributed by atoms with Crippen molar-refractivity contribution in [2.45, 2.75) is 6.42 Å². The summed E-state index contributed by atoms with van der Waals surface area (Å²) in [7, 11) is 0. The van der Waals surface area contributed by atoms with Gasteiger partial charge >= 0.3 is 0 Å². The van der Waals surface area contributed by atoms with Gasteiger partial charge in [-0.25, -0.2) is 9.97 Å². The van der Waals surface area contributed by atoms with Crippen LogP contribution in [0.3, 0.4) is 0 Å². The van der Waals surface area contributed by atoms with Crippen molar-refractivity contribution >= 4 is 11.8 Å². The maximum Gasteiger partial charge on any atom is 0.115 e. The van der Waals surface area contributed by atoms with E-state index in [2.05, 4.69) is 9.97 Å². The number of rotatable bonds is 5. The molecule has 0 amide bonds. The molecule has 0 saturated heterocycles. The second-order valence-corrected chi connectivity index (χ2v) is 3.51. The second-order valence-electron chi connectivity index (χ2n) is 2.29. The molecule has 1 aromatic heterocycles.